The van der Waals surface area contributed by atoms with Gasteiger partial charge < -0.3 is 5.32 Å². The minimum atomic E-state index is -0.337. The number of hydrogen-bond acceptors (Lipinski definition) is 1. The van der Waals surface area contributed by atoms with Crippen LogP contribution in [0, 0.1) is 5.82 Å². The molecule has 0 amide bonds. The first kappa shape index (κ1) is 10.3. The summed E-state index contributed by atoms with van der Waals surface area (Å²) in [6, 6.07) is 4.90. The fourth-order valence-electron chi connectivity index (χ4n) is 1.09. The van der Waals surface area contributed by atoms with Crippen molar-refractivity contribution in [1.29, 1.82) is 0 Å². The molecule has 0 fully saturated rings. The van der Waals surface area contributed by atoms with Crippen LogP contribution in [-0.2, 0) is 6.54 Å². The number of benzene rings is 1. The zero-order chi connectivity index (χ0) is 9.68. The summed E-state index contributed by atoms with van der Waals surface area (Å²) >= 11 is 0. The van der Waals surface area contributed by atoms with Crippen LogP contribution in [0.15, 0.2) is 18.2 Å². The van der Waals surface area contributed by atoms with Crippen LogP contribution < -0.4 is 10.8 Å². The monoisotopic (exact) mass is 177 g/mol. The summed E-state index contributed by atoms with van der Waals surface area (Å²) in [6.07, 6.45) is 1.08. The molecule has 0 spiro atoms. The minimum absolute atomic E-state index is 0.208. The van der Waals surface area contributed by atoms with Gasteiger partial charge in [0.2, 0.25) is 0 Å². The van der Waals surface area contributed by atoms with Crippen LogP contribution >= 0.6 is 0 Å². The third-order valence-electron chi connectivity index (χ3n) is 1.82. The van der Waals surface area contributed by atoms with Gasteiger partial charge in [-0.3, -0.25) is 0 Å². The molecule has 0 unspecified atom stereocenters. The van der Waals surface area contributed by atoms with Crippen molar-refractivity contribution in [2.75, 3.05) is 6.54 Å². The molecule has 0 saturated heterocycles. The van der Waals surface area contributed by atoms with E-state index in [1.807, 2.05) is 6.07 Å². The number of rotatable bonds is 4. The average Bonchev–Trinajstić information content (AvgIpc) is 2.12. The molecule has 0 saturated carbocycles. The predicted molar refractivity (Wildman–Crippen MR) is 53.8 cm³/mol. The highest BCUT2D eigenvalue weighted by atomic mass is 19.1. The lowest BCUT2D eigenvalue weighted by atomic mass is 9.94. The van der Waals surface area contributed by atoms with Gasteiger partial charge in [-0.1, -0.05) is 24.5 Å². The molecule has 0 aliphatic rings. The van der Waals surface area contributed by atoms with Crippen LogP contribution in [0.4, 0.5) is 4.39 Å². The first-order valence-corrected chi connectivity index (χ1v) is 4.48. The van der Waals surface area contributed by atoms with Gasteiger partial charge >= 0.3 is 0 Å². The maximum atomic E-state index is 12.9. The normalized spacial score (nSPS) is 10.3. The Hall–Kier alpha value is -0.825. The Bertz CT molecular complexity index is 276. The SMILES string of the molecule is [B]c1ccc(CNCCC)cc1F. The van der Waals surface area contributed by atoms with Gasteiger partial charge in [0.05, 0.1) is 0 Å². The maximum absolute atomic E-state index is 12.9. The zero-order valence-electron chi connectivity index (χ0n) is 7.81. The van der Waals surface area contributed by atoms with Crippen LogP contribution in [-0.4, -0.2) is 14.4 Å². The van der Waals surface area contributed by atoms with Gasteiger partial charge in [-0.15, -0.1) is 0 Å². The van der Waals surface area contributed by atoms with Crippen molar-refractivity contribution in [3.63, 3.8) is 0 Å². The first-order valence-electron chi connectivity index (χ1n) is 4.48. The number of nitrogens with one attached hydrogen (secondary N) is 1. The second-order valence-corrected chi connectivity index (χ2v) is 3.03. The highest BCUT2D eigenvalue weighted by Gasteiger charge is 1.97. The van der Waals surface area contributed by atoms with E-state index in [1.165, 1.54) is 6.07 Å². The average molecular weight is 177 g/mol. The Morgan fingerprint density at radius 2 is 2.23 bits per heavy atom. The molecule has 0 heterocycles. The van der Waals surface area contributed by atoms with Crippen molar-refractivity contribution in [2.45, 2.75) is 19.9 Å². The third-order valence-corrected chi connectivity index (χ3v) is 1.82. The molecule has 68 valence electrons. The molecule has 0 atom stereocenters. The summed E-state index contributed by atoms with van der Waals surface area (Å²) in [6.45, 7) is 3.74. The van der Waals surface area contributed by atoms with E-state index in [2.05, 4.69) is 12.2 Å². The van der Waals surface area contributed by atoms with E-state index in [4.69, 9.17) is 7.85 Å². The summed E-state index contributed by atoms with van der Waals surface area (Å²) in [5, 5.41) is 3.19. The molecule has 2 radical (unpaired) electrons. The largest absolute Gasteiger partial charge is 0.313 e. The van der Waals surface area contributed by atoms with Gasteiger partial charge in [-0.25, -0.2) is 4.39 Å². The van der Waals surface area contributed by atoms with E-state index in [-0.39, 0.29) is 11.3 Å². The molecular weight excluding hydrogens is 164 g/mol. The minimum Gasteiger partial charge on any atom is -0.313 e. The third kappa shape index (κ3) is 3.19. The van der Waals surface area contributed by atoms with Crippen molar-refractivity contribution in [2.24, 2.45) is 0 Å². The Balaban J connectivity index is 2.53. The molecule has 3 heteroatoms. The molecular formula is C10H13BFN. The van der Waals surface area contributed by atoms with Crippen molar-refractivity contribution < 1.29 is 4.39 Å². The van der Waals surface area contributed by atoms with Crippen LogP contribution in [0.25, 0.3) is 0 Å². The summed E-state index contributed by atoms with van der Waals surface area (Å²) in [7, 11) is 5.35. The van der Waals surface area contributed by atoms with E-state index < -0.39 is 0 Å². The predicted octanol–water partition coefficient (Wildman–Crippen LogP) is 1.12. The number of hydrogen-bond donors (Lipinski definition) is 1. The van der Waals surface area contributed by atoms with E-state index in [1.54, 1.807) is 6.07 Å². The lowest BCUT2D eigenvalue weighted by molar-refractivity contribution is 0.626. The van der Waals surface area contributed by atoms with E-state index >= 15 is 0 Å². The quantitative estimate of drug-likeness (QED) is 0.536. The van der Waals surface area contributed by atoms with Gasteiger partial charge in [-0.05, 0) is 24.6 Å². The van der Waals surface area contributed by atoms with Crippen LogP contribution in [0.5, 0.6) is 0 Å². The van der Waals surface area contributed by atoms with Crippen molar-refractivity contribution in [3.05, 3.63) is 29.6 Å². The molecule has 1 aromatic rings. The van der Waals surface area contributed by atoms with Crippen molar-refractivity contribution in [1.82, 2.24) is 5.32 Å². The standard InChI is InChI=1S/C10H13BFN/c1-2-5-13-7-8-3-4-9(11)10(12)6-8/h3-4,6,13H,2,5,7H2,1H3. The second kappa shape index (κ2) is 5.02. The van der Waals surface area contributed by atoms with Gasteiger partial charge in [-0.2, -0.15) is 0 Å². The lowest BCUT2D eigenvalue weighted by Gasteiger charge is -2.04. The van der Waals surface area contributed by atoms with Crippen LogP contribution in [0.1, 0.15) is 18.9 Å². The fraction of sp³-hybridized carbons (Fsp3) is 0.400. The molecule has 1 nitrogen and oxygen atoms in total. The molecule has 0 bridgehead atoms. The molecule has 0 aliphatic heterocycles. The van der Waals surface area contributed by atoms with Gasteiger partial charge in [0.15, 0.2) is 0 Å². The van der Waals surface area contributed by atoms with Crippen molar-refractivity contribution in [3.8, 4) is 0 Å². The van der Waals surface area contributed by atoms with E-state index in [0.717, 1.165) is 18.5 Å². The van der Waals surface area contributed by atoms with E-state index in [0.29, 0.717) is 6.54 Å². The molecule has 1 N–H and O–H groups in total. The lowest BCUT2D eigenvalue weighted by Crippen LogP contribution is -2.15. The summed E-state index contributed by atoms with van der Waals surface area (Å²) < 4.78 is 12.9. The molecule has 1 rings (SSSR count). The molecule has 0 aliphatic carbocycles. The Morgan fingerprint density at radius 1 is 1.46 bits per heavy atom. The maximum Gasteiger partial charge on any atom is 0.117 e. The van der Waals surface area contributed by atoms with Gasteiger partial charge in [0, 0.05) is 6.54 Å². The molecule has 0 aromatic heterocycles. The topological polar surface area (TPSA) is 12.0 Å². The Morgan fingerprint density at radius 3 is 2.85 bits per heavy atom. The van der Waals surface area contributed by atoms with Gasteiger partial charge in [0.25, 0.3) is 0 Å². The highest BCUT2D eigenvalue weighted by molar-refractivity contribution is 6.32. The van der Waals surface area contributed by atoms with E-state index in [9.17, 15) is 4.39 Å². The van der Waals surface area contributed by atoms with Crippen LogP contribution in [0.2, 0.25) is 0 Å². The zero-order valence-corrected chi connectivity index (χ0v) is 7.81. The van der Waals surface area contributed by atoms with Crippen LogP contribution in [0.3, 0.4) is 0 Å². The van der Waals surface area contributed by atoms with Crippen molar-refractivity contribution >= 4 is 13.3 Å². The summed E-state index contributed by atoms with van der Waals surface area (Å²) in [4.78, 5) is 0. The van der Waals surface area contributed by atoms with Gasteiger partial charge in [0.1, 0.15) is 13.7 Å². The molecule has 1 aromatic carbocycles. The highest BCUT2D eigenvalue weighted by Crippen LogP contribution is 2.00. The fourth-order valence-corrected chi connectivity index (χ4v) is 1.09. The summed E-state index contributed by atoms with van der Waals surface area (Å²) in [5.41, 5.74) is 1.14. The molecule has 13 heavy (non-hydrogen) atoms. The summed E-state index contributed by atoms with van der Waals surface area (Å²) in [5.74, 6) is -0.337. The smallest absolute Gasteiger partial charge is 0.117 e. The Kier molecular flexibility index (Phi) is 3.96. The first-order chi connectivity index (χ1) is 6.24. The number of halogens is 1. The second-order valence-electron chi connectivity index (χ2n) is 3.03. The Labute approximate surface area is 79.8 Å².